The van der Waals surface area contributed by atoms with Crippen molar-refractivity contribution in [1.82, 2.24) is 10.2 Å². The van der Waals surface area contributed by atoms with Crippen LogP contribution in [-0.4, -0.2) is 40.2 Å². The molecule has 6 nitrogen and oxygen atoms in total. The van der Waals surface area contributed by atoms with Gasteiger partial charge in [0.2, 0.25) is 17.7 Å². The highest BCUT2D eigenvalue weighted by Gasteiger charge is 2.44. The summed E-state index contributed by atoms with van der Waals surface area (Å²) in [5, 5.41) is 2.88. The van der Waals surface area contributed by atoms with Gasteiger partial charge in [-0.3, -0.25) is 24.6 Å². The molecule has 1 aliphatic heterocycles. The summed E-state index contributed by atoms with van der Waals surface area (Å²) in [4.78, 5) is 36.8. The van der Waals surface area contributed by atoms with Crippen molar-refractivity contribution in [2.75, 3.05) is 0 Å². The van der Waals surface area contributed by atoms with Crippen molar-refractivity contribution in [2.45, 2.75) is 64.6 Å². The second-order valence-electron chi connectivity index (χ2n) is 5.46. The lowest BCUT2D eigenvalue weighted by Crippen LogP contribution is -2.56. The van der Waals surface area contributed by atoms with Crippen molar-refractivity contribution in [3.8, 4) is 0 Å². The van der Waals surface area contributed by atoms with Crippen LogP contribution in [0.2, 0.25) is 0 Å². The maximum Gasteiger partial charge on any atom is 0.247 e. The van der Waals surface area contributed by atoms with Crippen molar-refractivity contribution in [3.63, 3.8) is 0 Å². The first-order valence-electron chi connectivity index (χ1n) is 6.68. The fourth-order valence-corrected chi connectivity index (χ4v) is 2.31. The zero-order valence-corrected chi connectivity index (χ0v) is 12.0. The lowest BCUT2D eigenvalue weighted by molar-refractivity contribution is -0.141. The van der Waals surface area contributed by atoms with Crippen LogP contribution >= 0.6 is 0 Å². The summed E-state index contributed by atoms with van der Waals surface area (Å²) in [6, 6.07) is -0.723. The Balaban J connectivity index is 2.84. The molecule has 0 aliphatic carbocycles. The first-order valence-corrected chi connectivity index (χ1v) is 6.68. The minimum absolute atomic E-state index is 0.0662. The summed E-state index contributed by atoms with van der Waals surface area (Å²) in [6.45, 7) is 7.10. The monoisotopic (exact) mass is 269 g/mol. The molecule has 3 amide bonds. The summed E-state index contributed by atoms with van der Waals surface area (Å²) >= 11 is 0. The van der Waals surface area contributed by atoms with Crippen molar-refractivity contribution >= 4 is 17.7 Å². The summed E-state index contributed by atoms with van der Waals surface area (Å²) in [5.74, 6) is -0.988. The predicted octanol–water partition coefficient (Wildman–Crippen LogP) is 0.156. The SMILES string of the molecule is CCC(CC)N1C(=O)CC(NC(C)(C)C(N)=O)C1=O. The van der Waals surface area contributed by atoms with Gasteiger partial charge in [0, 0.05) is 6.04 Å². The topological polar surface area (TPSA) is 92.5 Å². The lowest BCUT2D eigenvalue weighted by Gasteiger charge is -2.27. The number of rotatable bonds is 6. The van der Waals surface area contributed by atoms with Crippen molar-refractivity contribution in [1.29, 1.82) is 0 Å². The van der Waals surface area contributed by atoms with Gasteiger partial charge in [-0.05, 0) is 26.7 Å². The second-order valence-corrected chi connectivity index (χ2v) is 5.46. The summed E-state index contributed by atoms with van der Waals surface area (Å²) in [7, 11) is 0. The Kier molecular flexibility index (Phi) is 4.68. The Labute approximate surface area is 113 Å². The number of amides is 3. The zero-order chi connectivity index (χ0) is 14.8. The predicted molar refractivity (Wildman–Crippen MR) is 71.0 cm³/mol. The highest BCUT2D eigenvalue weighted by molar-refractivity contribution is 6.06. The van der Waals surface area contributed by atoms with Gasteiger partial charge in [-0.15, -0.1) is 0 Å². The van der Waals surface area contributed by atoms with Crippen LogP contribution in [0, 0.1) is 0 Å². The summed E-state index contributed by atoms with van der Waals surface area (Å²) in [6.07, 6.45) is 1.56. The number of primary amides is 1. The Hall–Kier alpha value is -1.43. The van der Waals surface area contributed by atoms with Crippen LogP contribution in [-0.2, 0) is 14.4 Å². The average molecular weight is 269 g/mol. The molecule has 1 atom stereocenters. The van der Waals surface area contributed by atoms with Gasteiger partial charge in [-0.2, -0.15) is 0 Å². The Morgan fingerprint density at radius 3 is 2.37 bits per heavy atom. The summed E-state index contributed by atoms with van der Waals surface area (Å²) < 4.78 is 0. The van der Waals surface area contributed by atoms with Gasteiger partial charge in [0.15, 0.2) is 0 Å². The first-order chi connectivity index (χ1) is 8.74. The van der Waals surface area contributed by atoms with E-state index in [1.807, 2.05) is 13.8 Å². The Bertz CT molecular complexity index is 389. The lowest BCUT2D eigenvalue weighted by atomic mass is 10.0. The maximum atomic E-state index is 12.3. The number of carbonyl (C=O) groups excluding carboxylic acids is 3. The molecule has 1 saturated heterocycles. The number of carbonyl (C=O) groups is 3. The van der Waals surface area contributed by atoms with Crippen LogP contribution < -0.4 is 11.1 Å². The van der Waals surface area contributed by atoms with Crippen molar-refractivity contribution in [2.24, 2.45) is 5.73 Å². The third-order valence-electron chi connectivity index (χ3n) is 3.64. The van der Waals surface area contributed by atoms with Gasteiger partial charge in [-0.1, -0.05) is 13.8 Å². The van der Waals surface area contributed by atoms with E-state index in [1.165, 1.54) is 4.90 Å². The van der Waals surface area contributed by atoms with Crippen LogP contribution in [0.15, 0.2) is 0 Å². The van der Waals surface area contributed by atoms with E-state index in [4.69, 9.17) is 5.73 Å². The minimum atomic E-state index is -1.01. The van der Waals surface area contributed by atoms with Crippen molar-refractivity contribution < 1.29 is 14.4 Å². The summed E-state index contributed by atoms with van der Waals surface area (Å²) in [5.41, 5.74) is 4.25. The third kappa shape index (κ3) is 3.12. The number of nitrogens with two attached hydrogens (primary N) is 1. The maximum absolute atomic E-state index is 12.3. The van der Waals surface area contributed by atoms with Crippen LogP contribution in [0.4, 0.5) is 0 Å². The van der Waals surface area contributed by atoms with E-state index in [2.05, 4.69) is 5.32 Å². The van der Waals surface area contributed by atoms with E-state index < -0.39 is 17.5 Å². The van der Waals surface area contributed by atoms with E-state index in [1.54, 1.807) is 13.8 Å². The fraction of sp³-hybridized carbons (Fsp3) is 0.769. The number of imide groups is 1. The molecule has 1 heterocycles. The molecule has 0 saturated carbocycles. The molecule has 3 N–H and O–H groups in total. The molecule has 0 spiro atoms. The van der Waals surface area contributed by atoms with Gasteiger partial charge in [0.1, 0.15) is 0 Å². The van der Waals surface area contributed by atoms with E-state index in [9.17, 15) is 14.4 Å². The molecule has 6 heteroatoms. The van der Waals surface area contributed by atoms with Gasteiger partial charge in [-0.25, -0.2) is 0 Å². The molecule has 0 aromatic rings. The zero-order valence-electron chi connectivity index (χ0n) is 12.0. The van der Waals surface area contributed by atoms with Gasteiger partial charge in [0.05, 0.1) is 18.0 Å². The molecular weight excluding hydrogens is 246 g/mol. The third-order valence-corrected chi connectivity index (χ3v) is 3.64. The number of hydrogen-bond acceptors (Lipinski definition) is 4. The number of nitrogens with one attached hydrogen (secondary N) is 1. The van der Waals surface area contributed by atoms with E-state index >= 15 is 0 Å². The molecule has 1 aliphatic rings. The van der Waals surface area contributed by atoms with Crippen molar-refractivity contribution in [3.05, 3.63) is 0 Å². The molecule has 19 heavy (non-hydrogen) atoms. The standard InChI is InChI=1S/C13H23N3O3/c1-5-8(6-2)16-10(17)7-9(11(16)18)15-13(3,4)12(14)19/h8-9,15H,5-7H2,1-4H3,(H2,14,19). The molecular formula is C13H23N3O3. The molecule has 0 aromatic heterocycles. The van der Waals surface area contributed by atoms with Gasteiger partial charge >= 0.3 is 0 Å². The highest BCUT2D eigenvalue weighted by atomic mass is 16.2. The first kappa shape index (κ1) is 15.6. The quantitative estimate of drug-likeness (QED) is 0.672. The highest BCUT2D eigenvalue weighted by Crippen LogP contribution is 2.21. The van der Waals surface area contributed by atoms with E-state index in [0.29, 0.717) is 0 Å². The number of hydrogen-bond donors (Lipinski definition) is 2. The molecule has 1 rings (SSSR count). The largest absolute Gasteiger partial charge is 0.368 e. The van der Waals surface area contributed by atoms with Crippen LogP contribution in [0.3, 0.4) is 0 Å². The van der Waals surface area contributed by atoms with Crippen LogP contribution in [0.25, 0.3) is 0 Å². The molecule has 0 bridgehead atoms. The fourth-order valence-electron chi connectivity index (χ4n) is 2.31. The molecule has 1 fully saturated rings. The van der Waals surface area contributed by atoms with Gasteiger partial charge in [0.25, 0.3) is 0 Å². The number of likely N-dealkylation sites (tertiary alicyclic amines) is 1. The molecule has 0 aromatic carbocycles. The Morgan fingerprint density at radius 1 is 1.42 bits per heavy atom. The number of nitrogens with zero attached hydrogens (tertiary/aromatic N) is 1. The van der Waals surface area contributed by atoms with E-state index in [-0.39, 0.29) is 24.3 Å². The normalized spacial score (nSPS) is 20.5. The average Bonchev–Trinajstić information content (AvgIpc) is 2.57. The van der Waals surface area contributed by atoms with Crippen LogP contribution in [0.1, 0.15) is 47.0 Å². The molecule has 0 radical (unpaired) electrons. The Morgan fingerprint density at radius 2 is 1.95 bits per heavy atom. The smallest absolute Gasteiger partial charge is 0.247 e. The van der Waals surface area contributed by atoms with Crippen LogP contribution in [0.5, 0.6) is 0 Å². The van der Waals surface area contributed by atoms with Gasteiger partial charge < -0.3 is 5.73 Å². The minimum Gasteiger partial charge on any atom is -0.368 e. The second kappa shape index (κ2) is 5.69. The molecule has 1 unspecified atom stereocenters. The van der Waals surface area contributed by atoms with E-state index in [0.717, 1.165) is 12.8 Å². The molecule has 108 valence electrons.